The van der Waals surface area contributed by atoms with Gasteiger partial charge < -0.3 is 15.0 Å². The Morgan fingerprint density at radius 3 is 2.48 bits per heavy atom. The second-order valence-corrected chi connectivity index (χ2v) is 6.89. The Labute approximate surface area is 164 Å². The van der Waals surface area contributed by atoms with Gasteiger partial charge in [-0.1, -0.05) is 28.1 Å². The highest BCUT2D eigenvalue weighted by Crippen LogP contribution is 2.22. The Hall–Kier alpha value is -3.12. The molecular weight excluding hydrogens is 406 g/mol. The number of para-hydroxylation sites is 2. The molecule has 0 bridgehead atoms. The average Bonchev–Trinajstić information content (AvgIpc) is 3.12. The Morgan fingerprint density at radius 1 is 1.00 bits per heavy atom. The molecule has 4 rings (SSSR count). The van der Waals surface area contributed by atoms with Crippen molar-refractivity contribution in [1.82, 2.24) is 9.97 Å². The number of nitrogens with one attached hydrogen (secondary N) is 2. The Kier molecular flexibility index (Phi) is 4.89. The van der Waals surface area contributed by atoms with Crippen LogP contribution in [-0.4, -0.2) is 22.5 Å². The summed E-state index contributed by atoms with van der Waals surface area (Å²) in [5, 5.41) is 2.83. The van der Waals surface area contributed by atoms with Gasteiger partial charge in [-0.2, -0.15) is 0 Å². The first kappa shape index (κ1) is 17.3. The molecule has 27 heavy (non-hydrogen) atoms. The van der Waals surface area contributed by atoms with Crippen molar-refractivity contribution in [2.75, 3.05) is 11.9 Å². The van der Waals surface area contributed by atoms with Crippen LogP contribution >= 0.6 is 15.9 Å². The zero-order chi connectivity index (χ0) is 18.6. The van der Waals surface area contributed by atoms with Crippen LogP contribution in [0.1, 0.15) is 0 Å². The van der Waals surface area contributed by atoms with Gasteiger partial charge in [0.05, 0.1) is 11.0 Å². The first-order valence-electron chi connectivity index (χ1n) is 8.41. The molecule has 0 radical (unpaired) electrons. The van der Waals surface area contributed by atoms with Gasteiger partial charge in [-0.3, -0.25) is 4.79 Å². The van der Waals surface area contributed by atoms with Gasteiger partial charge in [0.25, 0.3) is 5.91 Å². The van der Waals surface area contributed by atoms with Crippen LogP contribution in [0.25, 0.3) is 22.4 Å². The van der Waals surface area contributed by atoms with Crippen molar-refractivity contribution in [3.05, 3.63) is 77.3 Å². The molecule has 0 saturated carbocycles. The summed E-state index contributed by atoms with van der Waals surface area (Å²) in [5.74, 6) is 1.23. The maximum absolute atomic E-state index is 12.1. The summed E-state index contributed by atoms with van der Waals surface area (Å²) >= 11 is 3.36. The van der Waals surface area contributed by atoms with Crippen LogP contribution in [0.2, 0.25) is 0 Å². The molecule has 5 nitrogen and oxygen atoms in total. The standard InChI is InChI=1S/C21H16BrN3O2/c22-15-7-11-17(12-8-15)27-13-20(26)23-16-9-5-14(6-10-16)21-24-18-3-1-2-4-19(18)25-21/h1-12H,13H2,(H,23,26)(H,24,25). The lowest BCUT2D eigenvalue weighted by atomic mass is 10.2. The second kappa shape index (κ2) is 7.63. The Morgan fingerprint density at radius 2 is 1.74 bits per heavy atom. The first-order chi connectivity index (χ1) is 13.2. The number of hydrogen-bond acceptors (Lipinski definition) is 3. The summed E-state index contributed by atoms with van der Waals surface area (Å²) in [6.45, 7) is -0.0487. The molecule has 1 amide bonds. The summed E-state index contributed by atoms with van der Waals surface area (Å²) in [6, 6.07) is 22.8. The van der Waals surface area contributed by atoms with Crippen LogP contribution < -0.4 is 10.1 Å². The average molecular weight is 422 g/mol. The molecule has 6 heteroatoms. The molecular formula is C21H16BrN3O2. The van der Waals surface area contributed by atoms with E-state index in [9.17, 15) is 4.79 Å². The van der Waals surface area contributed by atoms with Crippen molar-refractivity contribution in [1.29, 1.82) is 0 Å². The van der Waals surface area contributed by atoms with E-state index in [0.717, 1.165) is 26.9 Å². The molecule has 1 aromatic heterocycles. The summed E-state index contributed by atoms with van der Waals surface area (Å²) in [5.41, 5.74) is 3.58. The quantitative estimate of drug-likeness (QED) is 0.475. The van der Waals surface area contributed by atoms with Gasteiger partial charge in [0.2, 0.25) is 0 Å². The van der Waals surface area contributed by atoms with Gasteiger partial charge in [0, 0.05) is 15.7 Å². The highest BCUT2D eigenvalue weighted by Gasteiger charge is 2.07. The summed E-state index contributed by atoms with van der Waals surface area (Å²) in [7, 11) is 0. The lowest BCUT2D eigenvalue weighted by Gasteiger charge is -2.08. The first-order valence-corrected chi connectivity index (χ1v) is 9.20. The molecule has 3 aromatic carbocycles. The molecule has 2 N–H and O–H groups in total. The van der Waals surface area contributed by atoms with Crippen molar-refractivity contribution in [3.63, 3.8) is 0 Å². The number of H-pyrrole nitrogens is 1. The fraction of sp³-hybridized carbons (Fsp3) is 0.0476. The van der Waals surface area contributed by atoms with Crippen LogP contribution in [0, 0.1) is 0 Å². The van der Waals surface area contributed by atoms with Gasteiger partial charge in [-0.05, 0) is 60.7 Å². The molecule has 0 atom stereocenters. The van der Waals surface area contributed by atoms with Crippen molar-refractivity contribution in [3.8, 4) is 17.1 Å². The number of aromatic amines is 1. The van der Waals surface area contributed by atoms with Gasteiger partial charge in [-0.25, -0.2) is 4.98 Å². The topological polar surface area (TPSA) is 67.0 Å². The molecule has 4 aromatic rings. The highest BCUT2D eigenvalue weighted by molar-refractivity contribution is 9.10. The maximum Gasteiger partial charge on any atom is 0.262 e. The predicted molar refractivity (Wildman–Crippen MR) is 110 cm³/mol. The zero-order valence-electron chi connectivity index (χ0n) is 14.3. The number of imidazole rings is 1. The van der Waals surface area contributed by atoms with E-state index < -0.39 is 0 Å². The van der Waals surface area contributed by atoms with E-state index in [1.54, 1.807) is 12.1 Å². The van der Waals surface area contributed by atoms with Crippen LogP contribution in [0.5, 0.6) is 5.75 Å². The highest BCUT2D eigenvalue weighted by atomic mass is 79.9. The van der Waals surface area contributed by atoms with E-state index in [4.69, 9.17) is 4.74 Å². The van der Waals surface area contributed by atoms with Crippen LogP contribution in [0.15, 0.2) is 77.3 Å². The van der Waals surface area contributed by atoms with Crippen molar-refractivity contribution >= 4 is 38.6 Å². The van der Waals surface area contributed by atoms with Crippen LogP contribution in [0.4, 0.5) is 5.69 Å². The van der Waals surface area contributed by atoms with E-state index in [2.05, 4.69) is 31.2 Å². The van der Waals surface area contributed by atoms with Gasteiger partial charge in [0.1, 0.15) is 11.6 Å². The molecule has 0 fully saturated rings. The van der Waals surface area contributed by atoms with Gasteiger partial charge in [-0.15, -0.1) is 0 Å². The number of amides is 1. The minimum atomic E-state index is -0.214. The fourth-order valence-corrected chi connectivity index (χ4v) is 2.94. The molecule has 0 aliphatic rings. The van der Waals surface area contributed by atoms with Crippen molar-refractivity contribution in [2.24, 2.45) is 0 Å². The van der Waals surface area contributed by atoms with Crippen molar-refractivity contribution in [2.45, 2.75) is 0 Å². The Balaban J connectivity index is 1.38. The second-order valence-electron chi connectivity index (χ2n) is 5.97. The summed E-state index contributed by atoms with van der Waals surface area (Å²) < 4.78 is 6.44. The van der Waals surface area contributed by atoms with E-state index in [0.29, 0.717) is 11.4 Å². The Bertz CT molecular complexity index is 1040. The molecule has 0 saturated heterocycles. The number of aromatic nitrogens is 2. The molecule has 0 aliphatic carbocycles. The molecule has 0 unspecified atom stereocenters. The molecule has 134 valence electrons. The largest absolute Gasteiger partial charge is 0.484 e. The third kappa shape index (κ3) is 4.17. The number of carbonyl (C=O) groups is 1. The summed E-state index contributed by atoms with van der Waals surface area (Å²) in [4.78, 5) is 19.9. The number of ether oxygens (including phenoxy) is 1. The summed E-state index contributed by atoms with van der Waals surface area (Å²) in [6.07, 6.45) is 0. The number of anilines is 1. The van der Waals surface area contributed by atoms with Gasteiger partial charge >= 0.3 is 0 Å². The lowest BCUT2D eigenvalue weighted by molar-refractivity contribution is -0.118. The molecule has 1 heterocycles. The minimum Gasteiger partial charge on any atom is -0.484 e. The molecule has 0 aliphatic heterocycles. The van der Waals surface area contributed by atoms with E-state index >= 15 is 0 Å². The van der Waals surface area contributed by atoms with Gasteiger partial charge in [0.15, 0.2) is 6.61 Å². The number of hydrogen-bond donors (Lipinski definition) is 2. The number of benzene rings is 3. The number of halogens is 1. The maximum atomic E-state index is 12.1. The number of fused-ring (bicyclic) bond motifs is 1. The number of nitrogens with zero attached hydrogens (tertiary/aromatic N) is 1. The van der Waals surface area contributed by atoms with Crippen molar-refractivity contribution < 1.29 is 9.53 Å². The van der Waals surface area contributed by atoms with E-state index in [1.165, 1.54) is 0 Å². The number of rotatable bonds is 5. The normalized spacial score (nSPS) is 10.7. The fourth-order valence-electron chi connectivity index (χ4n) is 2.68. The van der Waals surface area contributed by atoms with Crippen LogP contribution in [-0.2, 0) is 4.79 Å². The smallest absolute Gasteiger partial charge is 0.262 e. The predicted octanol–water partition coefficient (Wildman–Crippen LogP) is 5.01. The van der Waals surface area contributed by atoms with E-state index in [-0.39, 0.29) is 12.5 Å². The van der Waals surface area contributed by atoms with E-state index in [1.807, 2.05) is 60.7 Å². The SMILES string of the molecule is O=C(COc1ccc(Br)cc1)Nc1ccc(-c2nc3ccccc3[nH]2)cc1. The zero-order valence-corrected chi connectivity index (χ0v) is 15.9. The monoisotopic (exact) mass is 421 g/mol. The third-order valence-corrected chi connectivity index (χ3v) is 4.54. The minimum absolute atomic E-state index is 0.0487. The van der Waals surface area contributed by atoms with Crippen LogP contribution in [0.3, 0.4) is 0 Å². The molecule has 0 spiro atoms. The lowest BCUT2D eigenvalue weighted by Crippen LogP contribution is -2.20. The number of carbonyl (C=O) groups excluding carboxylic acids is 1. The third-order valence-electron chi connectivity index (χ3n) is 4.02.